The van der Waals surface area contributed by atoms with Crippen molar-refractivity contribution >= 4 is 38.8 Å². The lowest BCUT2D eigenvalue weighted by Crippen LogP contribution is -2.43. The summed E-state index contributed by atoms with van der Waals surface area (Å²) in [5.74, 6) is 0. The molecule has 2 aromatic carbocycles. The minimum absolute atomic E-state index is 0. The Kier molecular flexibility index (Phi) is 5.27. The van der Waals surface area contributed by atoms with Crippen LogP contribution in [0.25, 0.3) is 10.9 Å². The van der Waals surface area contributed by atoms with Crippen LogP contribution in [0.2, 0.25) is 0 Å². The summed E-state index contributed by atoms with van der Waals surface area (Å²) < 4.78 is 26.3. The molecule has 138 valence electrons. The number of benzene rings is 2. The lowest BCUT2D eigenvalue weighted by Gasteiger charge is -2.29. The second kappa shape index (κ2) is 7.31. The van der Waals surface area contributed by atoms with Gasteiger partial charge in [0.2, 0.25) is 9.84 Å². The monoisotopic (exact) mass is 391 g/mol. The standard InChI is InChI=1S/C19H21N3O2S.ClH/c1-14-19(25(23,24)15-6-3-2-4-7-15)16-8-5-9-17(18(16)21-14)22-12-10-20-11-13-22;/h2-9,20-21H,10-13H2,1H3;1H. The van der Waals surface area contributed by atoms with Crippen molar-refractivity contribution in [1.29, 1.82) is 0 Å². The molecule has 1 fully saturated rings. The Morgan fingerprint density at radius 2 is 1.65 bits per heavy atom. The average Bonchev–Trinajstić information content (AvgIpc) is 2.99. The average molecular weight is 392 g/mol. The van der Waals surface area contributed by atoms with E-state index in [-0.39, 0.29) is 12.4 Å². The van der Waals surface area contributed by atoms with E-state index in [0.29, 0.717) is 15.5 Å². The molecule has 26 heavy (non-hydrogen) atoms. The Bertz CT molecular complexity index is 1010. The number of nitrogens with zero attached hydrogens (tertiary/aromatic N) is 1. The zero-order valence-electron chi connectivity index (χ0n) is 14.5. The van der Waals surface area contributed by atoms with Crippen LogP contribution >= 0.6 is 12.4 Å². The zero-order chi connectivity index (χ0) is 17.4. The molecule has 0 aliphatic carbocycles. The molecule has 1 saturated heterocycles. The Balaban J connectivity index is 0.00000196. The van der Waals surface area contributed by atoms with Gasteiger partial charge in [-0.1, -0.05) is 30.3 Å². The SMILES string of the molecule is Cc1[nH]c2c(N3CCNCC3)cccc2c1S(=O)(=O)c1ccccc1.Cl. The molecule has 4 rings (SSSR count). The van der Waals surface area contributed by atoms with Crippen LogP contribution in [-0.4, -0.2) is 39.6 Å². The first-order valence-electron chi connectivity index (χ1n) is 8.46. The van der Waals surface area contributed by atoms with Gasteiger partial charge in [0.15, 0.2) is 0 Å². The summed E-state index contributed by atoms with van der Waals surface area (Å²) in [6.45, 7) is 5.53. The second-order valence-electron chi connectivity index (χ2n) is 6.33. The third-order valence-electron chi connectivity index (χ3n) is 4.72. The summed E-state index contributed by atoms with van der Waals surface area (Å²) >= 11 is 0. The number of aromatic nitrogens is 1. The first-order chi connectivity index (χ1) is 12.1. The number of sulfone groups is 1. The molecule has 7 heteroatoms. The Labute approximate surface area is 159 Å². The fourth-order valence-electron chi connectivity index (χ4n) is 3.54. The highest BCUT2D eigenvalue weighted by molar-refractivity contribution is 7.91. The van der Waals surface area contributed by atoms with Crippen molar-refractivity contribution in [3.63, 3.8) is 0 Å². The molecule has 0 radical (unpaired) electrons. The summed E-state index contributed by atoms with van der Waals surface area (Å²) in [5.41, 5.74) is 2.65. The van der Waals surface area contributed by atoms with E-state index in [9.17, 15) is 8.42 Å². The molecule has 0 saturated carbocycles. The maximum Gasteiger partial charge on any atom is 0.208 e. The third-order valence-corrected chi connectivity index (χ3v) is 6.68. The Morgan fingerprint density at radius 1 is 0.962 bits per heavy atom. The minimum atomic E-state index is -3.56. The number of aromatic amines is 1. The van der Waals surface area contributed by atoms with Gasteiger partial charge in [-0.3, -0.25) is 0 Å². The van der Waals surface area contributed by atoms with Crippen molar-refractivity contribution in [2.75, 3.05) is 31.1 Å². The predicted molar refractivity (Wildman–Crippen MR) is 107 cm³/mol. The summed E-state index contributed by atoms with van der Waals surface area (Å²) in [6, 6.07) is 14.5. The largest absolute Gasteiger partial charge is 0.367 e. The van der Waals surface area contributed by atoms with Gasteiger partial charge in [-0.25, -0.2) is 8.42 Å². The molecule has 2 heterocycles. The molecule has 1 aromatic heterocycles. The number of aryl methyl sites for hydroxylation is 1. The van der Waals surface area contributed by atoms with E-state index in [0.717, 1.165) is 42.8 Å². The highest BCUT2D eigenvalue weighted by Crippen LogP contribution is 2.35. The fourth-order valence-corrected chi connectivity index (χ4v) is 5.20. The van der Waals surface area contributed by atoms with Crippen molar-refractivity contribution in [2.24, 2.45) is 0 Å². The molecule has 3 aromatic rings. The van der Waals surface area contributed by atoms with Crippen LogP contribution in [0.4, 0.5) is 5.69 Å². The van der Waals surface area contributed by atoms with Crippen LogP contribution in [0.1, 0.15) is 5.69 Å². The van der Waals surface area contributed by atoms with E-state index in [4.69, 9.17) is 0 Å². The number of piperazine rings is 1. The highest BCUT2D eigenvalue weighted by atomic mass is 35.5. The molecule has 1 aliphatic heterocycles. The highest BCUT2D eigenvalue weighted by Gasteiger charge is 2.26. The van der Waals surface area contributed by atoms with Gasteiger partial charge < -0.3 is 15.2 Å². The van der Waals surface area contributed by atoms with Crippen molar-refractivity contribution in [3.05, 3.63) is 54.2 Å². The van der Waals surface area contributed by atoms with E-state index in [1.54, 1.807) is 24.3 Å². The molecule has 0 atom stereocenters. The van der Waals surface area contributed by atoms with Gasteiger partial charge in [-0.2, -0.15) is 0 Å². The van der Waals surface area contributed by atoms with E-state index in [1.165, 1.54) is 0 Å². The molecular weight excluding hydrogens is 370 g/mol. The maximum absolute atomic E-state index is 13.2. The summed E-state index contributed by atoms with van der Waals surface area (Å²) in [4.78, 5) is 6.33. The smallest absolute Gasteiger partial charge is 0.208 e. The van der Waals surface area contributed by atoms with Crippen LogP contribution < -0.4 is 10.2 Å². The fraction of sp³-hybridized carbons (Fsp3) is 0.263. The van der Waals surface area contributed by atoms with E-state index >= 15 is 0 Å². The number of rotatable bonds is 3. The molecule has 0 unspecified atom stereocenters. The quantitative estimate of drug-likeness (QED) is 0.719. The lowest BCUT2D eigenvalue weighted by atomic mass is 10.2. The molecule has 5 nitrogen and oxygen atoms in total. The van der Waals surface area contributed by atoms with Crippen LogP contribution in [0.15, 0.2) is 58.3 Å². The van der Waals surface area contributed by atoms with Gasteiger partial charge in [0.05, 0.1) is 21.0 Å². The molecule has 0 bridgehead atoms. The van der Waals surface area contributed by atoms with Gasteiger partial charge in [0.25, 0.3) is 0 Å². The first kappa shape index (κ1) is 18.8. The van der Waals surface area contributed by atoms with Gasteiger partial charge in [-0.05, 0) is 25.1 Å². The first-order valence-corrected chi connectivity index (χ1v) is 9.94. The van der Waals surface area contributed by atoms with E-state index < -0.39 is 9.84 Å². The van der Waals surface area contributed by atoms with E-state index in [1.807, 2.05) is 25.1 Å². The molecule has 0 amide bonds. The number of halogens is 1. The van der Waals surface area contributed by atoms with Crippen LogP contribution in [0.5, 0.6) is 0 Å². The second-order valence-corrected chi connectivity index (χ2v) is 8.22. The maximum atomic E-state index is 13.2. The molecular formula is C19H22ClN3O2S. The topological polar surface area (TPSA) is 65.2 Å². The summed E-state index contributed by atoms with van der Waals surface area (Å²) in [5, 5.41) is 4.11. The van der Waals surface area contributed by atoms with Crippen LogP contribution in [0, 0.1) is 6.92 Å². The number of hydrogen-bond donors (Lipinski definition) is 2. The van der Waals surface area contributed by atoms with Crippen LogP contribution in [0.3, 0.4) is 0 Å². The number of H-pyrrole nitrogens is 1. The summed E-state index contributed by atoms with van der Waals surface area (Å²) in [6.07, 6.45) is 0. The number of nitrogens with one attached hydrogen (secondary N) is 2. The van der Waals surface area contributed by atoms with Crippen molar-refractivity contribution in [1.82, 2.24) is 10.3 Å². The van der Waals surface area contributed by atoms with Crippen molar-refractivity contribution in [2.45, 2.75) is 16.7 Å². The Hall–Kier alpha value is -2.02. The molecule has 1 aliphatic rings. The van der Waals surface area contributed by atoms with Crippen molar-refractivity contribution < 1.29 is 8.42 Å². The lowest BCUT2D eigenvalue weighted by molar-refractivity contribution is 0.590. The number of fused-ring (bicyclic) bond motifs is 1. The normalized spacial score (nSPS) is 15.0. The number of para-hydroxylation sites is 1. The van der Waals surface area contributed by atoms with E-state index in [2.05, 4.69) is 21.3 Å². The van der Waals surface area contributed by atoms with Crippen molar-refractivity contribution in [3.8, 4) is 0 Å². The van der Waals surface area contributed by atoms with Crippen LogP contribution in [-0.2, 0) is 9.84 Å². The van der Waals surface area contributed by atoms with Gasteiger partial charge in [0, 0.05) is 37.3 Å². The minimum Gasteiger partial charge on any atom is -0.367 e. The molecule has 2 N–H and O–H groups in total. The molecule has 0 spiro atoms. The predicted octanol–water partition coefficient (Wildman–Crippen LogP) is 3.14. The van der Waals surface area contributed by atoms with Gasteiger partial charge >= 0.3 is 0 Å². The van der Waals surface area contributed by atoms with Gasteiger partial charge in [-0.15, -0.1) is 12.4 Å². The number of hydrogen-bond acceptors (Lipinski definition) is 4. The summed E-state index contributed by atoms with van der Waals surface area (Å²) in [7, 11) is -3.56. The third kappa shape index (κ3) is 3.09. The number of anilines is 1. The zero-order valence-corrected chi connectivity index (χ0v) is 16.2. The Morgan fingerprint density at radius 3 is 2.35 bits per heavy atom. The van der Waals surface area contributed by atoms with Gasteiger partial charge in [0.1, 0.15) is 0 Å².